The van der Waals surface area contributed by atoms with Crippen molar-refractivity contribution in [2.24, 2.45) is 5.92 Å². The molecule has 8 heteroatoms. The molecular formula is C12H17F3N2O3. The first-order valence-electron chi connectivity index (χ1n) is 6.54. The van der Waals surface area contributed by atoms with E-state index in [1.165, 1.54) is 0 Å². The maximum atomic E-state index is 12.8. The number of likely N-dealkylation sites (tertiary alicyclic amines) is 1. The van der Waals surface area contributed by atoms with Gasteiger partial charge in [0.05, 0.1) is 0 Å². The number of aliphatic carboxylic acids is 1. The molecule has 2 unspecified atom stereocenters. The van der Waals surface area contributed by atoms with Crippen LogP contribution in [0.1, 0.15) is 32.6 Å². The minimum atomic E-state index is -4.50. The highest BCUT2D eigenvalue weighted by molar-refractivity contribution is 5.83. The molecule has 0 aromatic carbocycles. The van der Waals surface area contributed by atoms with E-state index < -0.39 is 29.8 Å². The molecule has 1 saturated carbocycles. The average Bonchev–Trinajstić information content (AvgIpc) is 3.08. The van der Waals surface area contributed by atoms with Crippen LogP contribution in [0.25, 0.3) is 0 Å². The molecule has 1 aliphatic heterocycles. The Kier molecular flexibility index (Phi) is 3.60. The second kappa shape index (κ2) is 4.82. The molecule has 2 amide bonds. The number of piperidine rings is 1. The number of carboxylic acids is 1. The van der Waals surface area contributed by atoms with Gasteiger partial charge in [-0.05, 0) is 31.6 Å². The first kappa shape index (κ1) is 14.9. The second-order valence-corrected chi connectivity index (χ2v) is 5.69. The topological polar surface area (TPSA) is 69.6 Å². The van der Waals surface area contributed by atoms with Gasteiger partial charge < -0.3 is 15.3 Å². The molecule has 5 nitrogen and oxygen atoms in total. The lowest BCUT2D eigenvalue weighted by Gasteiger charge is -2.37. The monoisotopic (exact) mass is 294 g/mol. The minimum Gasteiger partial charge on any atom is -0.480 e. The number of alkyl halides is 3. The second-order valence-electron chi connectivity index (χ2n) is 5.69. The quantitative estimate of drug-likeness (QED) is 0.818. The summed E-state index contributed by atoms with van der Waals surface area (Å²) in [7, 11) is 0. The smallest absolute Gasteiger partial charge is 0.411 e. The maximum Gasteiger partial charge on any atom is 0.411 e. The van der Waals surface area contributed by atoms with E-state index in [0.717, 1.165) is 4.90 Å². The predicted molar refractivity (Wildman–Crippen MR) is 63.1 cm³/mol. The summed E-state index contributed by atoms with van der Waals surface area (Å²) >= 11 is 0. The Bertz CT molecular complexity index is 421. The van der Waals surface area contributed by atoms with Gasteiger partial charge in [0.1, 0.15) is 11.6 Å². The molecule has 1 heterocycles. The van der Waals surface area contributed by atoms with Crippen LogP contribution < -0.4 is 5.32 Å². The number of nitrogens with zero attached hydrogens (tertiary/aromatic N) is 1. The molecule has 2 atom stereocenters. The number of amides is 2. The zero-order valence-electron chi connectivity index (χ0n) is 11.0. The van der Waals surface area contributed by atoms with Gasteiger partial charge >= 0.3 is 18.2 Å². The van der Waals surface area contributed by atoms with Crippen molar-refractivity contribution in [2.75, 3.05) is 6.54 Å². The van der Waals surface area contributed by atoms with Gasteiger partial charge in [-0.1, -0.05) is 6.92 Å². The van der Waals surface area contributed by atoms with Gasteiger partial charge in [-0.2, -0.15) is 13.2 Å². The summed E-state index contributed by atoms with van der Waals surface area (Å²) in [6.45, 7) is 2.03. The number of rotatable bonds is 2. The number of urea groups is 1. The van der Waals surface area contributed by atoms with Gasteiger partial charge in [0.2, 0.25) is 0 Å². The van der Waals surface area contributed by atoms with Crippen molar-refractivity contribution >= 4 is 12.0 Å². The van der Waals surface area contributed by atoms with Crippen molar-refractivity contribution < 1.29 is 27.9 Å². The van der Waals surface area contributed by atoms with Crippen LogP contribution >= 0.6 is 0 Å². The lowest BCUT2D eigenvalue weighted by molar-refractivity contribution is -0.163. The van der Waals surface area contributed by atoms with E-state index in [0.29, 0.717) is 6.42 Å². The highest BCUT2D eigenvalue weighted by Crippen LogP contribution is 2.49. The molecule has 114 valence electrons. The zero-order valence-corrected chi connectivity index (χ0v) is 11.0. The Morgan fingerprint density at radius 1 is 1.35 bits per heavy atom. The molecule has 0 aromatic rings. The summed E-state index contributed by atoms with van der Waals surface area (Å²) in [6.07, 6.45) is -3.93. The Hall–Kier alpha value is -1.47. The molecule has 20 heavy (non-hydrogen) atoms. The van der Waals surface area contributed by atoms with Gasteiger partial charge in [0, 0.05) is 6.54 Å². The summed E-state index contributed by atoms with van der Waals surface area (Å²) in [4.78, 5) is 24.1. The van der Waals surface area contributed by atoms with E-state index in [2.05, 4.69) is 0 Å². The van der Waals surface area contributed by atoms with Crippen LogP contribution in [0, 0.1) is 5.92 Å². The average molecular weight is 294 g/mol. The van der Waals surface area contributed by atoms with E-state index in [1.54, 1.807) is 0 Å². The van der Waals surface area contributed by atoms with Crippen LogP contribution in [0.5, 0.6) is 0 Å². The number of hydrogen-bond acceptors (Lipinski definition) is 2. The van der Waals surface area contributed by atoms with Crippen molar-refractivity contribution in [3.63, 3.8) is 0 Å². The summed E-state index contributed by atoms with van der Waals surface area (Å²) in [5, 5.41) is 11.1. The highest BCUT2D eigenvalue weighted by Gasteiger charge is 2.64. The standard InChI is InChI=1S/C12H17F3N2O3/c1-7-2-5-17(8(6-7)9(18)19)10(20)16-11(3-4-11)12(13,14)15/h7-8H,2-6H2,1H3,(H,16,20)(H,18,19). The van der Waals surface area contributed by atoms with Gasteiger partial charge in [-0.3, -0.25) is 0 Å². The van der Waals surface area contributed by atoms with E-state index in [1.807, 2.05) is 12.2 Å². The van der Waals surface area contributed by atoms with E-state index >= 15 is 0 Å². The molecule has 0 aromatic heterocycles. The van der Waals surface area contributed by atoms with Crippen LogP contribution in [-0.2, 0) is 4.79 Å². The van der Waals surface area contributed by atoms with Crippen LogP contribution in [-0.4, -0.2) is 46.3 Å². The first-order chi connectivity index (χ1) is 9.16. The Morgan fingerprint density at radius 3 is 2.40 bits per heavy atom. The number of carbonyl (C=O) groups excluding carboxylic acids is 1. The molecule has 2 fully saturated rings. The van der Waals surface area contributed by atoms with Crippen molar-refractivity contribution in [3.8, 4) is 0 Å². The van der Waals surface area contributed by atoms with Crippen molar-refractivity contribution in [3.05, 3.63) is 0 Å². The van der Waals surface area contributed by atoms with E-state index in [4.69, 9.17) is 5.11 Å². The van der Waals surface area contributed by atoms with Crippen molar-refractivity contribution in [1.82, 2.24) is 10.2 Å². The first-order valence-corrected chi connectivity index (χ1v) is 6.54. The van der Waals surface area contributed by atoms with Crippen LogP contribution in [0.3, 0.4) is 0 Å². The van der Waals surface area contributed by atoms with Gasteiger partial charge in [0.15, 0.2) is 0 Å². The maximum absolute atomic E-state index is 12.8. The Morgan fingerprint density at radius 2 is 1.95 bits per heavy atom. The highest BCUT2D eigenvalue weighted by atomic mass is 19.4. The molecule has 2 N–H and O–H groups in total. The summed E-state index contributed by atoms with van der Waals surface area (Å²) in [5.74, 6) is -1.04. The van der Waals surface area contributed by atoms with Gasteiger partial charge in [-0.15, -0.1) is 0 Å². The number of carboxylic acid groups (broad SMARTS) is 1. The minimum absolute atomic E-state index is 0.137. The predicted octanol–water partition coefficient (Wildman–Crippen LogP) is 1.98. The van der Waals surface area contributed by atoms with Crippen molar-refractivity contribution in [2.45, 2.75) is 50.4 Å². The lowest BCUT2D eigenvalue weighted by Crippen LogP contribution is -2.58. The van der Waals surface area contributed by atoms with E-state index in [9.17, 15) is 22.8 Å². The number of nitrogens with one attached hydrogen (secondary N) is 1. The largest absolute Gasteiger partial charge is 0.480 e. The third-order valence-corrected chi connectivity index (χ3v) is 4.05. The fraction of sp³-hybridized carbons (Fsp3) is 0.833. The van der Waals surface area contributed by atoms with Crippen LogP contribution in [0.15, 0.2) is 0 Å². The Balaban J connectivity index is 2.06. The molecule has 0 bridgehead atoms. The molecule has 2 rings (SSSR count). The molecular weight excluding hydrogens is 277 g/mol. The Labute approximate surface area is 114 Å². The number of halogens is 3. The van der Waals surface area contributed by atoms with Crippen LogP contribution in [0.4, 0.5) is 18.0 Å². The van der Waals surface area contributed by atoms with Crippen LogP contribution in [0.2, 0.25) is 0 Å². The third-order valence-electron chi connectivity index (χ3n) is 4.05. The molecule has 1 aliphatic carbocycles. The molecule has 1 saturated heterocycles. The van der Waals surface area contributed by atoms with Crippen molar-refractivity contribution in [1.29, 1.82) is 0 Å². The zero-order chi connectivity index (χ0) is 15.1. The summed E-state index contributed by atoms with van der Waals surface area (Å²) in [5.41, 5.74) is -2.16. The SMILES string of the molecule is CC1CCN(C(=O)NC2(C(F)(F)F)CC2)C(C(=O)O)C1. The normalized spacial score (nSPS) is 28.9. The summed E-state index contributed by atoms with van der Waals surface area (Å²) < 4.78 is 38.4. The lowest BCUT2D eigenvalue weighted by atomic mass is 9.93. The molecule has 0 spiro atoms. The molecule has 0 radical (unpaired) electrons. The van der Waals surface area contributed by atoms with Gasteiger partial charge in [-0.25, -0.2) is 9.59 Å². The third kappa shape index (κ3) is 2.69. The van der Waals surface area contributed by atoms with E-state index in [-0.39, 0.29) is 31.7 Å². The number of carbonyl (C=O) groups is 2. The summed E-state index contributed by atoms with van der Waals surface area (Å²) in [6, 6.07) is -1.98. The fourth-order valence-corrected chi connectivity index (χ4v) is 2.50. The van der Waals surface area contributed by atoms with Gasteiger partial charge in [0.25, 0.3) is 0 Å². The number of hydrogen-bond donors (Lipinski definition) is 2. The fourth-order valence-electron chi connectivity index (χ4n) is 2.50. The molecule has 2 aliphatic rings.